The van der Waals surface area contributed by atoms with Gasteiger partial charge in [-0.15, -0.1) is 0 Å². The maximum atomic E-state index is 3.46. The number of fused-ring (bicyclic) bond motifs is 1. The van der Waals surface area contributed by atoms with Crippen LogP contribution in [0.25, 0.3) is 0 Å². The molecule has 3 rings (SSSR count). The molecule has 0 saturated heterocycles. The van der Waals surface area contributed by atoms with E-state index in [9.17, 15) is 0 Å². The third kappa shape index (κ3) is 3.72. The fourth-order valence-electron chi connectivity index (χ4n) is 2.86. The number of hydrogen-bond acceptors (Lipinski definition) is 2. The smallest absolute Gasteiger partial charge is 0.0244 e. The average Bonchev–Trinajstić information content (AvgIpc) is 2.88. The first-order chi connectivity index (χ1) is 10.2. The highest BCUT2D eigenvalue weighted by molar-refractivity contribution is 5.31. The van der Waals surface area contributed by atoms with E-state index in [-0.39, 0.29) is 0 Å². The highest BCUT2D eigenvalue weighted by Gasteiger charge is 2.17. The first-order valence-electron chi connectivity index (χ1n) is 7.81. The molecule has 21 heavy (non-hydrogen) atoms. The molecule has 2 aromatic carbocycles. The third-order valence-electron chi connectivity index (χ3n) is 4.05. The summed E-state index contributed by atoms with van der Waals surface area (Å²) in [6, 6.07) is 18.3. The normalized spacial score (nSPS) is 14.6. The van der Waals surface area contributed by atoms with Gasteiger partial charge in [0.2, 0.25) is 0 Å². The topological polar surface area (TPSA) is 15.3 Å². The van der Waals surface area contributed by atoms with Crippen molar-refractivity contribution < 1.29 is 0 Å². The summed E-state index contributed by atoms with van der Waals surface area (Å²) in [7, 11) is 0. The lowest BCUT2D eigenvalue weighted by molar-refractivity contribution is 0.275. The first kappa shape index (κ1) is 14.3. The number of nitrogens with one attached hydrogen (secondary N) is 1. The molecule has 0 aliphatic carbocycles. The Morgan fingerprint density at radius 3 is 2.05 bits per heavy atom. The Kier molecular flexibility index (Phi) is 4.37. The SMILES string of the molecule is CC(C)NCc1ccc(CN2Cc3ccccc3C2)cc1. The summed E-state index contributed by atoms with van der Waals surface area (Å²) < 4.78 is 0. The zero-order valence-electron chi connectivity index (χ0n) is 13.0. The minimum absolute atomic E-state index is 0.535. The van der Waals surface area contributed by atoms with Crippen LogP contribution in [0, 0.1) is 0 Å². The summed E-state index contributed by atoms with van der Waals surface area (Å²) in [6.45, 7) is 8.50. The van der Waals surface area contributed by atoms with Gasteiger partial charge >= 0.3 is 0 Å². The lowest BCUT2D eigenvalue weighted by Crippen LogP contribution is -2.21. The predicted octanol–water partition coefficient (Wildman–Crippen LogP) is 3.70. The fraction of sp³-hybridized carbons (Fsp3) is 0.368. The second-order valence-electron chi connectivity index (χ2n) is 6.27. The molecule has 110 valence electrons. The van der Waals surface area contributed by atoms with E-state index in [4.69, 9.17) is 0 Å². The number of hydrogen-bond donors (Lipinski definition) is 1. The van der Waals surface area contributed by atoms with Crippen LogP contribution in [0.3, 0.4) is 0 Å². The summed E-state index contributed by atoms with van der Waals surface area (Å²) in [6.07, 6.45) is 0. The molecule has 0 saturated carbocycles. The first-order valence-corrected chi connectivity index (χ1v) is 7.81. The molecule has 0 aromatic heterocycles. The van der Waals surface area contributed by atoms with Crippen LogP contribution in [-0.4, -0.2) is 10.9 Å². The maximum absolute atomic E-state index is 3.46. The Bertz CT molecular complexity index is 562. The molecule has 1 aliphatic heterocycles. The van der Waals surface area contributed by atoms with Gasteiger partial charge in [0.1, 0.15) is 0 Å². The van der Waals surface area contributed by atoms with Gasteiger partial charge in [0, 0.05) is 32.2 Å². The molecule has 0 amide bonds. The van der Waals surface area contributed by atoms with Crippen LogP contribution in [0.5, 0.6) is 0 Å². The maximum Gasteiger partial charge on any atom is 0.0244 e. The van der Waals surface area contributed by atoms with E-state index in [2.05, 4.69) is 72.6 Å². The van der Waals surface area contributed by atoms with Crippen LogP contribution in [0.15, 0.2) is 48.5 Å². The van der Waals surface area contributed by atoms with Crippen molar-refractivity contribution in [2.75, 3.05) is 0 Å². The second kappa shape index (κ2) is 6.42. The van der Waals surface area contributed by atoms with E-state index in [0.29, 0.717) is 6.04 Å². The van der Waals surface area contributed by atoms with Gasteiger partial charge in [-0.25, -0.2) is 0 Å². The van der Waals surface area contributed by atoms with E-state index in [1.807, 2.05) is 0 Å². The van der Waals surface area contributed by atoms with Crippen molar-refractivity contribution in [2.45, 2.75) is 46.1 Å². The molecule has 0 unspecified atom stereocenters. The molecule has 0 atom stereocenters. The molecular weight excluding hydrogens is 256 g/mol. The van der Waals surface area contributed by atoms with Gasteiger partial charge < -0.3 is 5.32 Å². The van der Waals surface area contributed by atoms with Crippen LogP contribution in [0.1, 0.15) is 36.1 Å². The molecular formula is C19H24N2. The molecule has 0 radical (unpaired) electrons. The largest absolute Gasteiger partial charge is 0.310 e. The predicted molar refractivity (Wildman–Crippen MR) is 87.8 cm³/mol. The van der Waals surface area contributed by atoms with Gasteiger partial charge in [-0.2, -0.15) is 0 Å². The quantitative estimate of drug-likeness (QED) is 0.898. The number of benzene rings is 2. The molecule has 1 N–H and O–H groups in total. The van der Waals surface area contributed by atoms with E-state index in [1.54, 1.807) is 0 Å². The zero-order valence-corrected chi connectivity index (χ0v) is 13.0. The Hall–Kier alpha value is -1.64. The molecule has 0 bridgehead atoms. The van der Waals surface area contributed by atoms with Crippen LogP contribution in [0.2, 0.25) is 0 Å². The number of nitrogens with zero attached hydrogens (tertiary/aromatic N) is 1. The summed E-state index contributed by atoms with van der Waals surface area (Å²) in [5, 5.41) is 3.46. The standard InChI is InChI=1S/C19H24N2/c1-15(2)20-11-16-7-9-17(10-8-16)12-21-13-18-5-3-4-6-19(18)14-21/h3-10,15,20H,11-14H2,1-2H3. The van der Waals surface area contributed by atoms with Crippen molar-refractivity contribution in [3.05, 3.63) is 70.8 Å². The molecule has 2 heteroatoms. The Balaban J connectivity index is 1.57. The molecule has 0 spiro atoms. The van der Waals surface area contributed by atoms with Gasteiger partial charge in [0.25, 0.3) is 0 Å². The minimum atomic E-state index is 0.535. The zero-order chi connectivity index (χ0) is 14.7. The molecule has 2 aromatic rings. The Labute approximate surface area is 127 Å². The minimum Gasteiger partial charge on any atom is -0.310 e. The number of rotatable bonds is 5. The van der Waals surface area contributed by atoms with Crippen LogP contribution >= 0.6 is 0 Å². The van der Waals surface area contributed by atoms with E-state index in [0.717, 1.165) is 26.2 Å². The monoisotopic (exact) mass is 280 g/mol. The highest BCUT2D eigenvalue weighted by Crippen LogP contribution is 2.23. The summed E-state index contributed by atoms with van der Waals surface area (Å²) in [5.41, 5.74) is 5.72. The van der Waals surface area contributed by atoms with Gasteiger partial charge in [0.15, 0.2) is 0 Å². The highest BCUT2D eigenvalue weighted by atomic mass is 15.1. The van der Waals surface area contributed by atoms with Crippen LogP contribution in [0.4, 0.5) is 0 Å². The molecule has 2 nitrogen and oxygen atoms in total. The Morgan fingerprint density at radius 2 is 1.48 bits per heavy atom. The average molecular weight is 280 g/mol. The van der Waals surface area contributed by atoms with Gasteiger partial charge in [0.05, 0.1) is 0 Å². The molecule has 1 heterocycles. The van der Waals surface area contributed by atoms with Gasteiger partial charge in [-0.3, -0.25) is 4.90 Å². The summed E-state index contributed by atoms with van der Waals surface area (Å²) in [5.74, 6) is 0. The second-order valence-corrected chi connectivity index (χ2v) is 6.27. The van der Waals surface area contributed by atoms with Crippen LogP contribution < -0.4 is 5.32 Å². The van der Waals surface area contributed by atoms with Gasteiger partial charge in [-0.05, 0) is 22.3 Å². The van der Waals surface area contributed by atoms with E-state index in [1.165, 1.54) is 22.3 Å². The van der Waals surface area contributed by atoms with Crippen molar-refractivity contribution in [1.82, 2.24) is 10.2 Å². The molecule has 1 aliphatic rings. The lowest BCUT2D eigenvalue weighted by atomic mass is 10.1. The van der Waals surface area contributed by atoms with Crippen molar-refractivity contribution >= 4 is 0 Å². The van der Waals surface area contributed by atoms with Crippen molar-refractivity contribution in [2.24, 2.45) is 0 Å². The van der Waals surface area contributed by atoms with Crippen molar-refractivity contribution in [1.29, 1.82) is 0 Å². The molecule has 0 fully saturated rings. The van der Waals surface area contributed by atoms with Crippen molar-refractivity contribution in [3.8, 4) is 0 Å². The summed E-state index contributed by atoms with van der Waals surface area (Å²) >= 11 is 0. The third-order valence-corrected chi connectivity index (χ3v) is 4.05. The van der Waals surface area contributed by atoms with E-state index >= 15 is 0 Å². The summed E-state index contributed by atoms with van der Waals surface area (Å²) in [4.78, 5) is 2.51. The van der Waals surface area contributed by atoms with E-state index < -0.39 is 0 Å². The van der Waals surface area contributed by atoms with Crippen molar-refractivity contribution in [3.63, 3.8) is 0 Å². The Morgan fingerprint density at radius 1 is 0.905 bits per heavy atom. The lowest BCUT2D eigenvalue weighted by Gasteiger charge is -2.15. The van der Waals surface area contributed by atoms with Gasteiger partial charge in [-0.1, -0.05) is 62.4 Å². The van der Waals surface area contributed by atoms with Crippen LogP contribution in [-0.2, 0) is 26.2 Å². The fourth-order valence-corrected chi connectivity index (χ4v) is 2.86.